The summed E-state index contributed by atoms with van der Waals surface area (Å²) in [5.74, 6) is -1.44. The quantitative estimate of drug-likeness (QED) is 0.348. The number of aliphatic hydroxyl groups is 1. The Morgan fingerprint density at radius 2 is 2.03 bits per heavy atom. The minimum Gasteiger partial charge on any atom is -0.467 e. The van der Waals surface area contributed by atoms with E-state index in [1.807, 2.05) is 0 Å². The maximum atomic E-state index is 13.4. The predicted octanol–water partition coefficient (Wildman–Crippen LogP) is 1.68. The second kappa shape index (κ2) is 12.0. The molecule has 3 rings (SSSR count). The van der Waals surface area contributed by atoms with Crippen LogP contribution in [0, 0.1) is 0 Å². The number of ether oxygens (including phenoxy) is 2. The third kappa shape index (κ3) is 6.29. The number of carbonyl (C=O) groups is 4. The third-order valence-corrected chi connectivity index (χ3v) is 6.57. The van der Waals surface area contributed by atoms with E-state index >= 15 is 0 Å². The zero-order valence-electron chi connectivity index (χ0n) is 19.2. The molecule has 0 bridgehead atoms. The molecule has 1 aromatic carbocycles. The van der Waals surface area contributed by atoms with Crippen molar-refractivity contribution >= 4 is 39.8 Å². The molecule has 4 atom stereocenters. The molecule has 188 valence electrons. The molecule has 11 heteroatoms. The lowest BCUT2D eigenvalue weighted by Gasteiger charge is -2.35. The topological polar surface area (TPSA) is 134 Å². The van der Waals surface area contributed by atoms with Crippen LogP contribution in [-0.2, 0) is 19.1 Å². The number of hydrogen-bond acceptors (Lipinski definition) is 7. The number of hydrogen-bond donors (Lipinski definition) is 3. The molecule has 0 spiro atoms. The van der Waals surface area contributed by atoms with Crippen molar-refractivity contribution in [3.63, 3.8) is 0 Å². The van der Waals surface area contributed by atoms with E-state index in [9.17, 15) is 24.3 Å². The van der Waals surface area contributed by atoms with E-state index in [1.54, 1.807) is 24.3 Å². The number of likely N-dealkylation sites (tertiary alicyclic amines) is 1. The van der Waals surface area contributed by atoms with Gasteiger partial charge in [0.05, 0.1) is 18.7 Å². The number of carbonyl (C=O) groups excluding carboxylic acids is 4. The van der Waals surface area contributed by atoms with Gasteiger partial charge in [-0.2, -0.15) is 0 Å². The first-order chi connectivity index (χ1) is 16.8. The van der Waals surface area contributed by atoms with Crippen molar-refractivity contribution in [1.82, 2.24) is 15.5 Å². The van der Waals surface area contributed by atoms with Crippen LogP contribution in [0.3, 0.4) is 0 Å². The number of benzene rings is 1. The van der Waals surface area contributed by atoms with Crippen LogP contribution in [0.1, 0.15) is 29.6 Å². The van der Waals surface area contributed by atoms with Crippen LogP contribution < -0.4 is 10.6 Å². The molecule has 1 heterocycles. The van der Waals surface area contributed by atoms with Gasteiger partial charge >= 0.3 is 12.1 Å². The molecule has 0 aromatic heterocycles. The van der Waals surface area contributed by atoms with Gasteiger partial charge in [-0.3, -0.25) is 9.59 Å². The van der Waals surface area contributed by atoms with Crippen LogP contribution in [0.2, 0.25) is 0 Å². The lowest BCUT2D eigenvalue weighted by atomic mass is 9.89. The van der Waals surface area contributed by atoms with Crippen molar-refractivity contribution in [2.24, 2.45) is 0 Å². The Bertz CT molecular complexity index is 1030. The van der Waals surface area contributed by atoms with E-state index in [1.165, 1.54) is 24.2 Å². The van der Waals surface area contributed by atoms with Gasteiger partial charge in [0.25, 0.3) is 5.91 Å². The van der Waals surface area contributed by atoms with Crippen molar-refractivity contribution in [3.05, 3.63) is 58.6 Å². The highest BCUT2D eigenvalue weighted by Crippen LogP contribution is 2.28. The molecule has 10 nitrogen and oxygen atoms in total. The standard InChI is InChI=1S/C24H28BrN3O7/c1-3-10-26-24(33)35-19-13-14(22(31)28-11-6-9-18(28)23(32)34-2)12-17(20(19)29)27-21(30)15-7-4-5-8-16(15)25/h3-5,7-8,12,17-20,29H,1,6,9-11,13H2,2H3,(H,26,33)(H,27,30). The van der Waals surface area contributed by atoms with Crippen LogP contribution in [0.25, 0.3) is 0 Å². The molecular weight excluding hydrogens is 522 g/mol. The average Bonchev–Trinajstić information content (AvgIpc) is 3.34. The fourth-order valence-corrected chi connectivity index (χ4v) is 4.60. The number of alkyl carbamates (subject to hydrolysis) is 1. The van der Waals surface area contributed by atoms with E-state index in [0.29, 0.717) is 29.4 Å². The third-order valence-electron chi connectivity index (χ3n) is 5.88. The Kier molecular flexibility index (Phi) is 9.05. The summed E-state index contributed by atoms with van der Waals surface area (Å²) in [7, 11) is 1.26. The maximum absolute atomic E-state index is 13.4. The van der Waals surface area contributed by atoms with Crippen molar-refractivity contribution in [3.8, 4) is 0 Å². The molecule has 0 radical (unpaired) electrons. The Labute approximate surface area is 211 Å². The van der Waals surface area contributed by atoms with Gasteiger partial charge in [0.2, 0.25) is 5.91 Å². The number of rotatable bonds is 7. The number of aliphatic hydroxyl groups excluding tert-OH is 1. The molecule has 2 aliphatic rings. The highest BCUT2D eigenvalue weighted by atomic mass is 79.9. The number of methoxy groups -OCH3 is 1. The zero-order chi connectivity index (χ0) is 25.5. The summed E-state index contributed by atoms with van der Waals surface area (Å²) in [6, 6.07) is 5.01. The summed E-state index contributed by atoms with van der Waals surface area (Å²) < 4.78 is 10.8. The Morgan fingerprint density at radius 1 is 1.29 bits per heavy atom. The van der Waals surface area contributed by atoms with Crippen molar-refractivity contribution < 1.29 is 33.8 Å². The van der Waals surface area contributed by atoms with E-state index in [2.05, 4.69) is 33.1 Å². The van der Waals surface area contributed by atoms with Crippen molar-refractivity contribution in [2.75, 3.05) is 20.2 Å². The fourth-order valence-electron chi connectivity index (χ4n) is 4.13. The van der Waals surface area contributed by atoms with Crippen molar-refractivity contribution in [1.29, 1.82) is 0 Å². The second-order valence-electron chi connectivity index (χ2n) is 8.16. The van der Waals surface area contributed by atoms with Gasteiger partial charge in [0.1, 0.15) is 18.2 Å². The highest BCUT2D eigenvalue weighted by molar-refractivity contribution is 9.10. The highest BCUT2D eigenvalue weighted by Gasteiger charge is 2.41. The summed E-state index contributed by atoms with van der Waals surface area (Å²) >= 11 is 3.32. The largest absolute Gasteiger partial charge is 0.467 e. The molecule has 35 heavy (non-hydrogen) atoms. The normalized spacial score (nSPS) is 23.6. The molecule has 1 fully saturated rings. The van der Waals surface area contributed by atoms with Crippen molar-refractivity contribution in [2.45, 2.75) is 43.6 Å². The molecule has 4 unspecified atom stereocenters. The van der Waals surface area contributed by atoms with Crippen LogP contribution in [0.4, 0.5) is 4.79 Å². The molecule has 0 saturated carbocycles. The number of nitrogens with zero attached hydrogens (tertiary/aromatic N) is 1. The van der Waals surface area contributed by atoms with Crippen LogP contribution in [0.15, 0.2) is 53.0 Å². The number of nitrogens with one attached hydrogen (secondary N) is 2. The van der Waals surface area contributed by atoms with E-state index < -0.39 is 48.2 Å². The molecule has 3 N–H and O–H groups in total. The Hall–Kier alpha value is -3.18. The van der Waals surface area contributed by atoms with Crippen LogP contribution >= 0.6 is 15.9 Å². The van der Waals surface area contributed by atoms with Gasteiger partial charge in [-0.25, -0.2) is 9.59 Å². The fraction of sp³-hybridized carbons (Fsp3) is 0.417. The lowest BCUT2D eigenvalue weighted by molar-refractivity contribution is -0.150. The van der Waals surface area contributed by atoms with Gasteiger partial charge in [-0.1, -0.05) is 24.3 Å². The summed E-state index contributed by atoms with van der Waals surface area (Å²) in [4.78, 5) is 52.0. The summed E-state index contributed by atoms with van der Waals surface area (Å²) in [5.41, 5.74) is 0.545. The van der Waals surface area contributed by atoms with Gasteiger partial charge in [0, 0.05) is 29.6 Å². The second-order valence-corrected chi connectivity index (χ2v) is 9.01. The number of amides is 3. The van der Waals surface area contributed by atoms with Gasteiger partial charge in [-0.15, -0.1) is 6.58 Å². The summed E-state index contributed by atoms with van der Waals surface area (Å²) in [5, 5.41) is 16.1. The molecule has 1 aliphatic carbocycles. The van der Waals surface area contributed by atoms with Crippen LogP contribution in [0.5, 0.6) is 0 Å². The monoisotopic (exact) mass is 549 g/mol. The van der Waals surface area contributed by atoms with E-state index in [-0.39, 0.29) is 18.5 Å². The van der Waals surface area contributed by atoms with Gasteiger partial charge in [0.15, 0.2) is 0 Å². The van der Waals surface area contributed by atoms with E-state index in [4.69, 9.17) is 9.47 Å². The molecule has 1 aliphatic heterocycles. The lowest BCUT2D eigenvalue weighted by Crippen LogP contribution is -2.53. The summed E-state index contributed by atoms with van der Waals surface area (Å²) in [6.45, 7) is 4.03. The van der Waals surface area contributed by atoms with Gasteiger partial charge < -0.3 is 30.1 Å². The minimum absolute atomic E-state index is 0.0900. The molecule has 3 amide bonds. The summed E-state index contributed by atoms with van der Waals surface area (Å²) in [6.07, 6.45) is 0.702. The Morgan fingerprint density at radius 3 is 2.71 bits per heavy atom. The smallest absolute Gasteiger partial charge is 0.407 e. The first kappa shape index (κ1) is 26.4. The SMILES string of the molecule is C=CCNC(=O)OC1CC(C(=O)N2CCCC2C(=O)OC)=CC(NC(=O)c2ccccc2Br)C1O. The minimum atomic E-state index is -1.32. The Balaban J connectivity index is 1.87. The zero-order valence-corrected chi connectivity index (χ0v) is 20.8. The molecule has 1 saturated heterocycles. The van der Waals surface area contributed by atoms with Crippen LogP contribution in [-0.4, -0.2) is 78.4 Å². The predicted molar refractivity (Wildman–Crippen MR) is 129 cm³/mol. The maximum Gasteiger partial charge on any atom is 0.407 e. The van der Waals surface area contributed by atoms with Gasteiger partial charge in [-0.05, 0) is 40.9 Å². The van der Waals surface area contributed by atoms with E-state index in [0.717, 1.165) is 0 Å². The molecular formula is C24H28BrN3O7. The number of esters is 1. The first-order valence-electron chi connectivity index (χ1n) is 11.1. The number of halogens is 1. The first-order valence-corrected chi connectivity index (χ1v) is 11.9. The molecule has 1 aromatic rings. The average molecular weight is 550 g/mol.